The fraction of sp³-hybridized carbons (Fsp3) is 0.455. The minimum Gasteiger partial charge on any atom is -0.346 e. The molecule has 0 aliphatic carbocycles. The molecule has 7 nitrogen and oxygen atoms in total. The number of carbonyl (C=O) groups is 1. The van der Waals surface area contributed by atoms with Gasteiger partial charge in [-0.1, -0.05) is 0 Å². The van der Waals surface area contributed by atoms with Crippen LogP contribution in [0.5, 0.6) is 0 Å². The second kappa shape index (κ2) is 5.54. The first-order valence-electron chi connectivity index (χ1n) is 6.04. The number of nitrogens with zero attached hydrogens (tertiary/aromatic N) is 4. The van der Waals surface area contributed by atoms with Gasteiger partial charge in [-0.2, -0.15) is 23.4 Å². The lowest BCUT2D eigenvalue weighted by atomic mass is 10.2. The summed E-state index contributed by atoms with van der Waals surface area (Å²) >= 11 is 0. The van der Waals surface area contributed by atoms with Gasteiger partial charge in [-0.3, -0.25) is 14.6 Å². The molecule has 1 unspecified atom stereocenters. The molecule has 0 bridgehead atoms. The molecule has 0 aliphatic rings. The van der Waals surface area contributed by atoms with E-state index in [1.807, 2.05) is 5.10 Å². The van der Waals surface area contributed by atoms with Crippen LogP contribution in [0.15, 0.2) is 12.7 Å². The molecule has 0 saturated heterocycles. The first-order chi connectivity index (χ1) is 9.79. The summed E-state index contributed by atoms with van der Waals surface area (Å²) in [6.45, 7) is 3.25. The number of H-pyrrole nitrogens is 1. The SMILES string of the molecule is Cc1c(C(=O)NC(C)Cn2cncn2)n[nH]c1C(F)(F)F. The van der Waals surface area contributed by atoms with Crippen molar-refractivity contribution in [2.24, 2.45) is 0 Å². The molecular formula is C11H13F3N6O. The van der Waals surface area contributed by atoms with Gasteiger partial charge in [-0.15, -0.1) is 0 Å². The number of nitrogens with one attached hydrogen (secondary N) is 2. The summed E-state index contributed by atoms with van der Waals surface area (Å²) in [5.41, 5.74) is -1.52. The summed E-state index contributed by atoms with van der Waals surface area (Å²) in [6, 6.07) is -0.343. The summed E-state index contributed by atoms with van der Waals surface area (Å²) in [5, 5.41) is 11.7. The van der Waals surface area contributed by atoms with Crippen molar-refractivity contribution in [2.45, 2.75) is 32.6 Å². The summed E-state index contributed by atoms with van der Waals surface area (Å²) in [7, 11) is 0. The minimum atomic E-state index is -4.57. The predicted molar refractivity (Wildman–Crippen MR) is 65.3 cm³/mol. The van der Waals surface area contributed by atoms with Crippen LogP contribution in [0.1, 0.15) is 28.7 Å². The topological polar surface area (TPSA) is 88.5 Å². The molecule has 2 N–H and O–H groups in total. The Bertz CT molecular complexity index is 618. The van der Waals surface area contributed by atoms with E-state index in [2.05, 4.69) is 20.5 Å². The van der Waals surface area contributed by atoms with Crippen molar-refractivity contribution < 1.29 is 18.0 Å². The van der Waals surface area contributed by atoms with Gasteiger partial charge in [0.25, 0.3) is 5.91 Å². The highest BCUT2D eigenvalue weighted by Crippen LogP contribution is 2.30. The fourth-order valence-electron chi connectivity index (χ4n) is 1.84. The van der Waals surface area contributed by atoms with Crippen molar-refractivity contribution in [1.29, 1.82) is 0 Å². The molecule has 0 fully saturated rings. The average Bonchev–Trinajstić information content (AvgIpc) is 2.96. The van der Waals surface area contributed by atoms with Gasteiger partial charge in [0.2, 0.25) is 0 Å². The number of alkyl halides is 3. The van der Waals surface area contributed by atoms with Gasteiger partial charge in [0.15, 0.2) is 5.69 Å². The van der Waals surface area contributed by atoms with Crippen molar-refractivity contribution in [3.05, 3.63) is 29.6 Å². The van der Waals surface area contributed by atoms with E-state index in [4.69, 9.17) is 0 Å². The van der Waals surface area contributed by atoms with Gasteiger partial charge >= 0.3 is 6.18 Å². The number of aromatic amines is 1. The highest BCUT2D eigenvalue weighted by atomic mass is 19.4. The first kappa shape index (κ1) is 15.0. The normalized spacial score (nSPS) is 13.2. The third kappa shape index (κ3) is 3.38. The van der Waals surface area contributed by atoms with Gasteiger partial charge < -0.3 is 5.32 Å². The molecule has 10 heteroatoms. The van der Waals surface area contributed by atoms with Crippen molar-refractivity contribution in [3.8, 4) is 0 Å². The maximum absolute atomic E-state index is 12.6. The van der Waals surface area contributed by atoms with Crippen LogP contribution < -0.4 is 5.32 Å². The van der Waals surface area contributed by atoms with Crippen molar-refractivity contribution in [1.82, 2.24) is 30.3 Å². The van der Waals surface area contributed by atoms with Gasteiger partial charge in [0.05, 0.1) is 6.54 Å². The molecule has 1 atom stereocenters. The number of rotatable bonds is 4. The molecule has 0 aromatic carbocycles. The summed E-state index contributed by atoms with van der Waals surface area (Å²) in [5.74, 6) is -0.674. The quantitative estimate of drug-likeness (QED) is 0.886. The highest BCUT2D eigenvalue weighted by molar-refractivity contribution is 5.94. The average molecular weight is 302 g/mol. The van der Waals surface area contributed by atoms with Crippen LogP contribution in [-0.2, 0) is 12.7 Å². The number of halogens is 3. The van der Waals surface area contributed by atoms with E-state index in [1.54, 1.807) is 6.92 Å². The van der Waals surface area contributed by atoms with E-state index >= 15 is 0 Å². The Morgan fingerprint density at radius 1 is 1.52 bits per heavy atom. The number of hydrogen-bond acceptors (Lipinski definition) is 4. The van der Waals surface area contributed by atoms with Crippen LogP contribution in [0.25, 0.3) is 0 Å². The van der Waals surface area contributed by atoms with Gasteiger partial charge in [0, 0.05) is 11.6 Å². The lowest BCUT2D eigenvalue weighted by Crippen LogP contribution is -2.36. The van der Waals surface area contributed by atoms with Gasteiger partial charge in [-0.05, 0) is 13.8 Å². The van der Waals surface area contributed by atoms with Crippen LogP contribution in [0.2, 0.25) is 0 Å². The summed E-state index contributed by atoms with van der Waals surface area (Å²) in [4.78, 5) is 15.7. The summed E-state index contributed by atoms with van der Waals surface area (Å²) < 4.78 is 39.4. The molecule has 21 heavy (non-hydrogen) atoms. The van der Waals surface area contributed by atoms with E-state index in [9.17, 15) is 18.0 Å². The third-order valence-corrected chi connectivity index (χ3v) is 2.81. The molecule has 2 heterocycles. The van der Waals surface area contributed by atoms with Crippen molar-refractivity contribution >= 4 is 5.91 Å². The highest BCUT2D eigenvalue weighted by Gasteiger charge is 2.36. The molecule has 2 rings (SSSR count). The predicted octanol–water partition coefficient (Wildman–Crippen LogP) is 1.15. The Morgan fingerprint density at radius 2 is 2.24 bits per heavy atom. The Hall–Kier alpha value is -2.39. The lowest BCUT2D eigenvalue weighted by Gasteiger charge is -2.13. The monoisotopic (exact) mass is 302 g/mol. The zero-order chi connectivity index (χ0) is 15.6. The van der Waals surface area contributed by atoms with Gasteiger partial charge in [-0.25, -0.2) is 4.98 Å². The standard InChI is InChI=1S/C11H13F3N6O/c1-6(3-20-5-15-4-16-20)17-10(21)8-7(2)9(19-18-8)11(12,13)14/h4-6H,3H2,1-2H3,(H,17,21)(H,18,19). The van der Waals surface area contributed by atoms with Crippen LogP contribution >= 0.6 is 0 Å². The molecule has 1 amide bonds. The van der Waals surface area contributed by atoms with Crippen LogP contribution in [0, 0.1) is 6.92 Å². The molecular weight excluding hydrogens is 289 g/mol. The van der Waals surface area contributed by atoms with E-state index in [1.165, 1.54) is 24.3 Å². The Balaban J connectivity index is 2.05. The minimum absolute atomic E-state index is 0.229. The third-order valence-electron chi connectivity index (χ3n) is 2.81. The number of carbonyl (C=O) groups excluding carboxylic acids is 1. The fourth-order valence-corrected chi connectivity index (χ4v) is 1.84. The van der Waals surface area contributed by atoms with E-state index in [-0.39, 0.29) is 17.3 Å². The van der Waals surface area contributed by atoms with Gasteiger partial charge in [0.1, 0.15) is 18.3 Å². The molecule has 0 aliphatic heterocycles. The van der Waals surface area contributed by atoms with E-state index in [0.29, 0.717) is 6.54 Å². The van der Waals surface area contributed by atoms with E-state index < -0.39 is 17.8 Å². The molecule has 0 saturated carbocycles. The lowest BCUT2D eigenvalue weighted by molar-refractivity contribution is -0.141. The van der Waals surface area contributed by atoms with Crippen LogP contribution in [-0.4, -0.2) is 36.9 Å². The second-order valence-corrected chi connectivity index (χ2v) is 4.56. The number of hydrogen-bond donors (Lipinski definition) is 2. The largest absolute Gasteiger partial charge is 0.433 e. The maximum atomic E-state index is 12.6. The van der Waals surface area contributed by atoms with Crippen molar-refractivity contribution in [2.75, 3.05) is 0 Å². The Kier molecular flexibility index (Phi) is 3.96. The molecule has 2 aromatic rings. The maximum Gasteiger partial charge on any atom is 0.433 e. The molecule has 0 radical (unpaired) electrons. The Labute approximate surface area is 117 Å². The zero-order valence-corrected chi connectivity index (χ0v) is 11.3. The summed E-state index contributed by atoms with van der Waals surface area (Å²) in [6.07, 6.45) is -1.74. The van der Waals surface area contributed by atoms with Crippen LogP contribution in [0.4, 0.5) is 13.2 Å². The zero-order valence-electron chi connectivity index (χ0n) is 11.3. The second-order valence-electron chi connectivity index (χ2n) is 4.56. The molecule has 114 valence electrons. The number of aromatic nitrogens is 5. The van der Waals surface area contributed by atoms with E-state index in [0.717, 1.165) is 0 Å². The molecule has 0 spiro atoms. The first-order valence-corrected chi connectivity index (χ1v) is 6.04. The van der Waals surface area contributed by atoms with Crippen LogP contribution in [0.3, 0.4) is 0 Å². The number of amides is 1. The Morgan fingerprint density at radius 3 is 2.76 bits per heavy atom. The smallest absolute Gasteiger partial charge is 0.346 e. The van der Waals surface area contributed by atoms with Crippen molar-refractivity contribution in [3.63, 3.8) is 0 Å². The molecule has 2 aromatic heterocycles.